The predicted molar refractivity (Wildman–Crippen MR) is 133 cm³/mol. The van der Waals surface area contributed by atoms with Crippen molar-refractivity contribution in [3.8, 4) is 17.0 Å². The van der Waals surface area contributed by atoms with Crippen molar-refractivity contribution in [2.24, 2.45) is 5.14 Å². The SMILES string of the molecule is COc1ccc(-c2[nH]c3ccccc3c2CCC(=O)NCCc2ccc(S(N)(=O)=O)cc2)cc1. The fourth-order valence-corrected chi connectivity index (χ4v) is 4.50. The molecular weight excluding hydrogens is 450 g/mol. The number of nitrogens with one attached hydrogen (secondary N) is 2. The van der Waals surface area contributed by atoms with Crippen molar-refractivity contribution in [1.82, 2.24) is 10.3 Å². The average Bonchev–Trinajstić information content (AvgIpc) is 3.21. The number of carbonyl (C=O) groups excluding carboxylic acids is 1. The lowest BCUT2D eigenvalue weighted by Gasteiger charge is -2.08. The van der Waals surface area contributed by atoms with E-state index in [0.29, 0.717) is 25.8 Å². The van der Waals surface area contributed by atoms with Crippen LogP contribution >= 0.6 is 0 Å². The lowest BCUT2D eigenvalue weighted by molar-refractivity contribution is -0.121. The lowest BCUT2D eigenvalue weighted by Crippen LogP contribution is -2.25. The molecule has 0 saturated carbocycles. The molecule has 0 bridgehead atoms. The van der Waals surface area contributed by atoms with Crippen molar-refractivity contribution in [3.05, 3.63) is 83.9 Å². The Morgan fingerprint density at radius 1 is 0.971 bits per heavy atom. The highest BCUT2D eigenvalue weighted by Gasteiger charge is 2.15. The first-order valence-corrected chi connectivity index (χ1v) is 12.5. The number of H-pyrrole nitrogens is 1. The van der Waals surface area contributed by atoms with E-state index >= 15 is 0 Å². The van der Waals surface area contributed by atoms with Crippen LogP contribution in [-0.4, -0.2) is 33.0 Å². The molecule has 0 radical (unpaired) electrons. The van der Waals surface area contributed by atoms with Gasteiger partial charge in [0.2, 0.25) is 15.9 Å². The van der Waals surface area contributed by atoms with E-state index in [-0.39, 0.29) is 10.8 Å². The van der Waals surface area contributed by atoms with Crippen LogP contribution in [0.1, 0.15) is 17.5 Å². The van der Waals surface area contributed by atoms with Crippen molar-refractivity contribution in [3.63, 3.8) is 0 Å². The third-order valence-electron chi connectivity index (χ3n) is 5.78. The Morgan fingerprint density at radius 3 is 2.35 bits per heavy atom. The van der Waals surface area contributed by atoms with E-state index in [0.717, 1.165) is 39.0 Å². The topological polar surface area (TPSA) is 114 Å². The summed E-state index contributed by atoms with van der Waals surface area (Å²) in [6.45, 7) is 0.465. The lowest BCUT2D eigenvalue weighted by atomic mass is 10.0. The van der Waals surface area contributed by atoms with Crippen molar-refractivity contribution in [2.75, 3.05) is 13.7 Å². The molecule has 0 spiro atoms. The van der Waals surface area contributed by atoms with Crippen molar-refractivity contribution in [2.45, 2.75) is 24.2 Å². The average molecular weight is 478 g/mol. The minimum absolute atomic E-state index is 0.0351. The van der Waals surface area contributed by atoms with Gasteiger partial charge in [-0.15, -0.1) is 0 Å². The van der Waals surface area contributed by atoms with Gasteiger partial charge in [0, 0.05) is 29.6 Å². The summed E-state index contributed by atoms with van der Waals surface area (Å²) in [6.07, 6.45) is 1.55. The maximum atomic E-state index is 12.5. The van der Waals surface area contributed by atoms with Gasteiger partial charge in [0.25, 0.3) is 0 Å². The van der Waals surface area contributed by atoms with Crippen molar-refractivity contribution in [1.29, 1.82) is 0 Å². The highest BCUT2D eigenvalue weighted by Crippen LogP contribution is 2.32. The summed E-state index contributed by atoms with van der Waals surface area (Å²) in [5, 5.41) is 9.18. The second kappa shape index (κ2) is 10.1. The van der Waals surface area contributed by atoms with Crippen LogP contribution in [0.5, 0.6) is 5.75 Å². The first kappa shape index (κ1) is 23.5. The van der Waals surface area contributed by atoms with Crippen LogP contribution < -0.4 is 15.2 Å². The fraction of sp³-hybridized carbons (Fsp3) is 0.192. The summed E-state index contributed by atoms with van der Waals surface area (Å²) in [4.78, 5) is 16.1. The van der Waals surface area contributed by atoms with Gasteiger partial charge in [-0.05, 0) is 72.0 Å². The Bertz CT molecular complexity index is 1390. The van der Waals surface area contributed by atoms with E-state index in [2.05, 4.69) is 16.4 Å². The number of nitrogens with two attached hydrogens (primary N) is 1. The summed E-state index contributed by atoms with van der Waals surface area (Å²) in [7, 11) is -2.06. The van der Waals surface area contributed by atoms with Gasteiger partial charge in [-0.2, -0.15) is 0 Å². The van der Waals surface area contributed by atoms with E-state index in [1.165, 1.54) is 12.1 Å². The molecular formula is C26H27N3O4S. The molecule has 34 heavy (non-hydrogen) atoms. The molecule has 0 atom stereocenters. The molecule has 1 amide bonds. The summed E-state index contributed by atoms with van der Waals surface area (Å²) < 4.78 is 28.0. The normalized spacial score (nSPS) is 11.5. The van der Waals surface area contributed by atoms with E-state index < -0.39 is 10.0 Å². The molecule has 1 aromatic heterocycles. The van der Waals surface area contributed by atoms with Crippen LogP contribution in [0.25, 0.3) is 22.2 Å². The molecule has 4 N–H and O–H groups in total. The van der Waals surface area contributed by atoms with Gasteiger partial charge in [0.1, 0.15) is 5.75 Å². The minimum Gasteiger partial charge on any atom is -0.497 e. The van der Waals surface area contributed by atoms with E-state index in [4.69, 9.17) is 9.88 Å². The van der Waals surface area contributed by atoms with Gasteiger partial charge in [-0.3, -0.25) is 4.79 Å². The number of ether oxygens (including phenoxy) is 1. The minimum atomic E-state index is -3.70. The second-order valence-electron chi connectivity index (χ2n) is 8.04. The maximum Gasteiger partial charge on any atom is 0.238 e. The van der Waals surface area contributed by atoms with Gasteiger partial charge < -0.3 is 15.0 Å². The monoisotopic (exact) mass is 477 g/mol. The van der Waals surface area contributed by atoms with Crippen LogP contribution in [0.3, 0.4) is 0 Å². The predicted octanol–water partition coefficient (Wildman–Crippen LogP) is 3.78. The Morgan fingerprint density at radius 2 is 1.68 bits per heavy atom. The van der Waals surface area contributed by atoms with Crippen LogP contribution in [0.2, 0.25) is 0 Å². The summed E-state index contributed by atoms with van der Waals surface area (Å²) in [6, 6.07) is 22.3. The number of para-hydroxylation sites is 1. The first-order valence-electron chi connectivity index (χ1n) is 11.0. The Hall–Kier alpha value is -3.62. The molecule has 8 heteroatoms. The largest absolute Gasteiger partial charge is 0.497 e. The van der Waals surface area contributed by atoms with Gasteiger partial charge in [-0.25, -0.2) is 13.6 Å². The van der Waals surface area contributed by atoms with Crippen molar-refractivity contribution >= 4 is 26.8 Å². The van der Waals surface area contributed by atoms with E-state index in [1.807, 2.05) is 42.5 Å². The zero-order valence-corrected chi connectivity index (χ0v) is 19.7. The summed E-state index contributed by atoms with van der Waals surface area (Å²) in [5.74, 6) is 0.757. The molecule has 176 valence electrons. The number of aromatic amines is 1. The molecule has 0 saturated heterocycles. The Balaban J connectivity index is 1.40. The highest BCUT2D eigenvalue weighted by molar-refractivity contribution is 7.89. The number of sulfonamides is 1. The van der Waals surface area contributed by atoms with Crippen LogP contribution in [0.4, 0.5) is 0 Å². The molecule has 1 heterocycles. The third-order valence-corrected chi connectivity index (χ3v) is 6.71. The fourth-order valence-electron chi connectivity index (χ4n) is 3.98. The molecule has 4 rings (SSSR count). The van der Waals surface area contributed by atoms with Crippen LogP contribution in [0.15, 0.2) is 77.7 Å². The van der Waals surface area contributed by atoms with Crippen LogP contribution in [0, 0.1) is 0 Å². The standard InChI is InChI=1S/C26H27N3O4S/c1-33-20-10-8-19(9-11-20)26-23(22-4-2-3-5-24(22)29-26)14-15-25(30)28-17-16-18-6-12-21(13-7-18)34(27,31)32/h2-13,29H,14-17H2,1H3,(H,28,30)(H2,27,31,32). The number of aromatic nitrogens is 1. The molecule has 7 nitrogen and oxygen atoms in total. The molecule has 4 aromatic rings. The number of amides is 1. The number of hydrogen-bond acceptors (Lipinski definition) is 4. The summed E-state index contributed by atoms with van der Waals surface area (Å²) in [5.41, 5.74) is 5.11. The second-order valence-corrected chi connectivity index (χ2v) is 9.60. The van der Waals surface area contributed by atoms with Gasteiger partial charge in [0.15, 0.2) is 0 Å². The molecule has 3 aromatic carbocycles. The molecule has 0 unspecified atom stereocenters. The van der Waals surface area contributed by atoms with Gasteiger partial charge in [-0.1, -0.05) is 30.3 Å². The smallest absolute Gasteiger partial charge is 0.238 e. The maximum absolute atomic E-state index is 12.5. The first-order chi connectivity index (χ1) is 16.3. The van der Waals surface area contributed by atoms with E-state index in [1.54, 1.807) is 19.2 Å². The number of rotatable bonds is 9. The molecule has 0 aliphatic heterocycles. The number of carbonyl (C=O) groups is 1. The van der Waals surface area contributed by atoms with E-state index in [9.17, 15) is 13.2 Å². The van der Waals surface area contributed by atoms with Crippen molar-refractivity contribution < 1.29 is 17.9 Å². The number of benzene rings is 3. The molecule has 0 fully saturated rings. The third kappa shape index (κ3) is 5.47. The highest BCUT2D eigenvalue weighted by atomic mass is 32.2. The molecule has 0 aliphatic rings. The number of hydrogen-bond donors (Lipinski definition) is 3. The quantitative estimate of drug-likeness (QED) is 0.340. The summed E-state index contributed by atoms with van der Waals surface area (Å²) >= 11 is 0. The number of aryl methyl sites for hydroxylation is 1. The Kier molecular flexibility index (Phi) is 7.00. The zero-order chi connectivity index (χ0) is 24.1. The van der Waals surface area contributed by atoms with Gasteiger partial charge in [0.05, 0.1) is 12.0 Å². The van der Waals surface area contributed by atoms with Crippen LogP contribution in [-0.2, 0) is 27.7 Å². The number of primary sulfonamides is 1. The zero-order valence-electron chi connectivity index (χ0n) is 18.9. The Labute approximate surface area is 199 Å². The molecule has 0 aliphatic carbocycles. The number of methoxy groups -OCH3 is 1. The van der Waals surface area contributed by atoms with Gasteiger partial charge >= 0.3 is 0 Å². The number of fused-ring (bicyclic) bond motifs is 1.